The van der Waals surface area contributed by atoms with Crippen LogP contribution in [-0.2, 0) is 20.6 Å². The number of benzene rings is 1. The summed E-state index contributed by atoms with van der Waals surface area (Å²) in [5.74, 6) is -1.02. The Kier molecular flexibility index (Phi) is 5.66. The number of aryl methyl sites for hydroxylation is 1. The van der Waals surface area contributed by atoms with Crippen LogP contribution in [-0.4, -0.2) is 37.6 Å². The summed E-state index contributed by atoms with van der Waals surface area (Å²) in [4.78, 5) is 41.8. The van der Waals surface area contributed by atoms with Gasteiger partial charge in [0, 0.05) is 20.6 Å². The summed E-state index contributed by atoms with van der Waals surface area (Å²) in [6.45, 7) is -1.90. The molecule has 31 heavy (non-hydrogen) atoms. The van der Waals surface area contributed by atoms with Crippen molar-refractivity contribution in [3.8, 4) is 6.07 Å². The van der Waals surface area contributed by atoms with Gasteiger partial charge in [0.05, 0.1) is 17.0 Å². The van der Waals surface area contributed by atoms with Crippen molar-refractivity contribution in [2.75, 3.05) is 6.54 Å². The number of amides is 1. The van der Waals surface area contributed by atoms with Crippen molar-refractivity contribution in [1.29, 1.82) is 5.26 Å². The van der Waals surface area contributed by atoms with E-state index in [1.807, 2.05) is 6.07 Å². The Morgan fingerprint density at radius 1 is 1.10 bits per heavy atom. The minimum Gasteiger partial charge on any atom is -0.324 e. The maximum Gasteiger partial charge on any atom is 0.406 e. The molecule has 2 heterocycles. The first kappa shape index (κ1) is 21.8. The Morgan fingerprint density at radius 3 is 2.32 bits per heavy atom. The van der Waals surface area contributed by atoms with Crippen LogP contribution in [0, 0.1) is 11.3 Å². The Bertz CT molecular complexity index is 1320. The second-order valence-corrected chi connectivity index (χ2v) is 6.86. The van der Waals surface area contributed by atoms with Crippen LogP contribution in [0.5, 0.6) is 0 Å². The van der Waals surface area contributed by atoms with Crippen molar-refractivity contribution in [3.05, 3.63) is 74.1 Å². The van der Waals surface area contributed by atoms with E-state index in [1.165, 1.54) is 44.4 Å². The summed E-state index contributed by atoms with van der Waals surface area (Å²) in [5, 5.41) is 8.90. The van der Waals surface area contributed by atoms with E-state index in [-0.39, 0.29) is 23.3 Å². The predicted octanol–water partition coefficient (Wildman–Crippen LogP) is 1.71. The number of halogens is 3. The maximum absolute atomic E-state index is 13.1. The Hall–Kier alpha value is -3.94. The highest BCUT2D eigenvalue weighted by atomic mass is 19.4. The van der Waals surface area contributed by atoms with E-state index in [0.717, 1.165) is 15.2 Å². The summed E-state index contributed by atoms with van der Waals surface area (Å²) < 4.78 is 41.3. The van der Waals surface area contributed by atoms with Gasteiger partial charge < -0.3 is 4.90 Å². The highest BCUT2D eigenvalue weighted by Crippen LogP contribution is 2.20. The molecular weight excluding hydrogens is 415 g/mol. The standard InChI is InChI=1S/C20H16F3N5O3/c1-26-16-14(17(29)27(2)19(26)31)7-8-15(25-16)18(30)28(11-20(21,22)23)10-13-5-3-12(9-24)4-6-13/h3-8H,10-11H2,1-2H3. The van der Waals surface area contributed by atoms with Crippen molar-refractivity contribution >= 4 is 16.9 Å². The fraction of sp³-hybridized carbons (Fsp3) is 0.250. The number of pyridine rings is 1. The molecule has 0 saturated carbocycles. The number of nitrogens with zero attached hydrogens (tertiary/aromatic N) is 5. The molecule has 11 heteroatoms. The smallest absolute Gasteiger partial charge is 0.324 e. The van der Waals surface area contributed by atoms with E-state index >= 15 is 0 Å². The molecule has 2 aromatic heterocycles. The molecule has 0 radical (unpaired) electrons. The number of fused-ring (bicyclic) bond motifs is 1. The zero-order valence-corrected chi connectivity index (χ0v) is 16.5. The second kappa shape index (κ2) is 8.06. The van der Waals surface area contributed by atoms with E-state index in [1.54, 1.807) is 0 Å². The molecule has 0 spiro atoms. The monoisotopic (exact) mass is 431 g/mol. The average Bonchev–Trinajstić information content (AvgIpc) is 2.74. The molecule has 1 amide bonds. The van der Waals surface area contributed by atoms with Gasteiger partial charge in [-0.2, -0.15) is 18.4 Å². The van der Waals surface area contributed by atoms with Gasteiger partial charge in [-0.15, -0.1) is 0 Å². The molecule has 0 N–H and O–H groups in total. The van der Waals surface area contributed by atoms with Crippen LogP contribution in [0.4, 0.5) is 13.2 Å². The van der Waals surface area contributed by atoms with Crippen molar-refractivity contribution in [1.82, 2.24) is 19.0 Å². The molecule has 0 saturated heterocycles. The van der Waals surface area contributed by atoms with Gasteiger partial charge >= 0.3 is 11.9 Å². The first-order chi connectivity index (χ1) is 14.5. The largest absolute Gasteiger partial charge is 0.406 e. The number of carbonyl (C=O) groups is 1. The van der Waals surface area contributed by atoms with Crippen LogP contribution in [0.25, 0.3) is 11.0 Å². The number of nitriles is 1. The van der Waals surface area contributed by atoms with Gasteiger partial charge in [0.15, 0.2) is 0 Å². The molecule has 0 unspecified atom stereocenters. The van der Waals surface area contributed by atoms with E-state index in [9.17, 15) is 27.6 Å². The van der Waals surface area contributed by atoms with Crippen LogP contribution in [0.15, 0.2) is 46.0 Å². The van der Waals surface area contributed by atoms with Crippen molar-refractivity contribution in [2.24, 2.45) is 14.1 Å². The van der Waals surface area contributed by atoms with Crippen LogP contribution in [0.3, 0.4) is 0 Å². The number of alkyl halides is 3. The summed E-state index contributed by atoms with van der Waals surface area (Å²) in [6.07, 6.45) is -4.66. The van der Waals surface area contributed by atoms with Gasteiger partial charge in [-0.25, -0.2) is 9.78 Å². The maximum atomic E-state index is 13.1. The van der Waals surface area contributed by atoms with Gasteiger partial charge in [0.2, 0.25) is 0 Å². The quantitative estimate of drug-likeness (QED) is 0.626. The predicted molar refractivity (Wildman–Crippen MR) is 104 cm³/mol. The third-order valence-electron chi connectivity index (χ3n) is 4.63. The molecule has 3 aromatic rings. The van der Waals surface area contributed by atoms with E-state index in [4.69, 9.17) is 5.26 Å². The normalized spacial score (nSPS) is 11.4. The van der Waals surface area contributed by atoms with Crippen LogP contribution in [0.1, 0.15) is 21.6 Å². The zero-order chi connectivity index (χ0) is 22.9. The van der Waals surface area contributed by atoms with Gasteiger partial charge in [-0.05, 0) is 29.8 Å². The van der Waals surface area contributed by atoms with Gasteiger partial charge in [-0.3, -0.25) is 18.7 Å². The molecule has 0 aliphatic heterocycles. The van der Waals surface area contributed by atoms with E-state index in [0.29, 0.717) is 16.0 Å². The number of rotatable bonds is 4. The SMILES string of the molecule is Cn1c(=O)c2ccc(C(=O)N(Cc3ccc(C#N)cc3)CC(F)(F)F)nc2n(C)c1=O. The minimum absolute atomic E-state index is 0.0515. The summed E-state index contributed by atoms with van der Waals surface area (Å²) in [7, 11) is 2.63. The van der Waals surface area contributed by atoms with Gasteiger partial charge in [-0.1, -0.05) is 12.1 Å². The van der Waals surface area contributed by atoms with E-state index < -0.39 is 29.9 Å². The first-order valence-electron chi connectivity index (χ1n) is 8.93. The molecule has 1 aromatic carbocycles. The average molecular weight is 431 g/mol. The van der Waals surface area contributed by atoms with Gasteiger partial charge in [0.25, 0.3) is 11.5 Å². The van der Waals surface area contributed by atoms with E-state index in [2.05, 4.69) is 4.98 Å². The topological polar surface area (TPSA) is 101 Å². The molecule has 0 fully saturated rings. The number of hydrogen-bond donors (Lipinski definition) is 0. The van der Waals surface area contributed by atoms with Gasteiger partial charge in [0.1, 0.15) is 17.9 Å². The zero-order valence-electron chi connectivity index (χ0n) is 16.5. The lowest BCUT2D eigenvalue weighted by Crippen LogP contribution is -2.40. The van der Waals surface area contributed by atoms with Crippen molar-refractivity contribution in [3.63, 3.8) is 0 Å². The van der Waals surface area contributed by atoms with Crippen molar-refractivity contribution < 1.29 is 18.0 Å². The third-order valence-corrected chi connectivity index (χ3v) is 4.63. The van der Waals surface area contributed by atoms with Crippen LogP contribution < -0.4 is 11.2 Å². The number of aromatic nitrogens is 3. The summed E-state index contributed by atoms with van der Waals surface area (Å²) in [6, 6.07) is 10.1. The lowest BCUT2D eigenvalue weighted by molar-refractivity contribution is -0.141. The lowest BCUT2D eigenvalue weighted by Gasteiger charge is -2.24. The third kappa shape index (κ3) is 4.48. The van der Waals surface area contributed by atoms with Crippen molar-refractivity contribution in [2.45, 2.75) is 12.7 Å². The molecule has 160 valence electrons. The lowest BCUT2D eigenvalue weighted by atomic mass is 10.1. The molecule has 0 aliphatic rings. The highest BCUT2D eigenvalue weighted by molar-refractivity contribution is 5.94. The number of carbonyl (C=O) groups excluding carboxylic acids is 1. The molecule has 0 atom stereocenters. The fourth-order valence-corrected chi connectivity index (χ4v) is 3.06. The molecule has 3 rings (SSSR count). The van der Waals surface area contributed by atoms with Crippen LogP contribution in [0.2, 0.25) is 0 Å². The summed E-state index contributed by atoms with van der Waals surface area (Å²) in [5.41, 5.74) is -1.04. The molecule has 8 nitrogen and oxygen atoms in total. The Morgan fingerprint density at radius 2 is 1.74 bits per heavy atom. The van der Waals surface area contributed by atoms with Crippen LogP contribution >= 0.6 is 0 Å². The molecule has 0 bridgehead atoms. The second-order valence-electron chi connectivity index (χ2n) is 6.86. The summed E-state index contributed by atoms with van der Waals surface area (Å²) >= 11 is 0. The first-order valence-corrected chi connectivity index (χ1v) is 8.93. The highest BCUT2D eigenvalue weighted by Gasteiger charge is 2.34. The molecule has 0 aliphatic carbocycles. The minimum atomic E-state index is -4.66. The Balaban J connectivity index is 2.04. The Labute approximate surface area is 173 Å². The fourth-order valence-electron chi connectivity index (χ4n) is 3.06. The number of hydrogen-bond acceptors (Lipinski definition) is 5. The molecular formula is C20H16F3N5O3.